The number of hydrogen-bond acceptors (Lipinski definition) is 4. The molecule has 132 valence electrons. The van der Waals surface area contributed by atoms with Crippen LogP contribution in [0.5, 0.6) is 0 Å². The zero-order valence-electron chi connectivity index (χ0n) is 13.5. The molecule has 2 atom stereocenters. The molecule has 2 saturated heterocycles. The van der Waals surface area contributed by atoms with Gasteiger partial charge in [-0.1, -0.05) is 6.07 Å². The molecule has 1 aromatic carbocycles. The number of piperidine rings is 1. The third kappa shape index (κ3) is 3.03. The summed E-state index contributed by atoms with van der Waals surface area (Å²) in [5.41, 5.74) is -0.883. The van der Waals surface area contributed by atoms with Crippen LogP contribution in [0, 0.1) is 18.6 Å². The van der Waals surface area contributed by atoms with Crippen molar-refractivity contribution in [1.29, 1.82) is 0 Å². The van der Waals surface area contributed by atoms with E-state index in [0.717, 1.165) is 6.07 Å². The van der Waals surface area contributed by atoms with E-state index in [4.69, 9.17) is 4.74 Å². The molecule has 0 aliphatic carbocycles. The van der Waals surface area contributed by atoms with E-state index >= 15 is 0 Å². The molecular weight excluding hydrogens is 320 g/mol. The molecule has 5 nitrogen and oxygen atoms in total. The minimum absolute atomic E-state index is 0.0518. The molecule has 1 spiro atoms. The number of ether oxygens (including phenoxy) is 1. The summed E-state index contributed by atoms with van der Waals surface area (Å²) in [6.07, 6.45) is -0.545. The highest BCUT2D eigenvalue weighted by molar-refractivity contribution is 5.95. The predicted molar refractivity (Wildman–Crippen MR) is 81.5 cm³/mol. The maximum atomic E-state index is 14.1. The first-order valence-electron chi connectivity index (χ1n) is 8.07. The Labute approximate surface area is 138 Å². The second-order valence-electron chi connectivity index (χ2n) is 6.68. The molecule has 0 saturated carbocycles. The third-order valence-electron chi connectivity index (χ3n) is 5.05. The van der Waals surface area contributed by atoms with Crippen molar-refractivity contribution >= 4 is 5.91 Å². The first-order chi connectivity index (χ1) is 11.3. The minimum atomic E-state index is -0.897. The Morgan fingerprint density at radius 2 is 1.92 bits per heavy atom. The molecule has 0 radical (unpaired) electrons. The summed E-state index contributed by atoms with van der Waals surface area (Å²) in [7, 11) is 0. The van der Waals surface area contributed by atoms with Gasteiger partial charge in [-0.05, 0) is 31.4 Å². The lowest BCUT2D eigenvalue weighted by molar-refractivity contribution is -0.185. The first-order valence-corrected chi connectivity index (χ1v) is 8.07. The molecule has 24 heavy (non-hydrogen) atoms. The Balaban J connectivity index is 1.71. The monoisotopic (exact) mass is 341 g/mol. The highest BCUT2D eigenvalue weighted by atomic mass is 19.1. The Bertz CT molecular complexity index is 644. The highest BCUT2D eigenvalue weighted by Gasteiger charge is 2.44. The molecule has 1 aromatic rings. The van der Waals surface area contributed by atoms with E-state index in [0.29, 0.717) is 19.3 Å². The molecule has 1 amide bonds. The van der Waals surface area contributed by atoms with E-state index in [1.165, 1.54) is 17.9 Å². The molecular formula is C17H21F2NO4. The summed E-state index contributed by atoms with van der Waals surface area (Å²) in [4.78, 5) is 13.9. The van der Waals surface area contributed by atoms with Gasteiger partial charge in [-0.25, -0.2) is 8.78 Å². The summed E-state index contributed by atoms with van der Waals surface area (Å²) >= 11 is 0. The second kappa shape index (κ2) is 6.38. The van der Waals surface area contributed by atoms with Crippen molar-refractivity contribution in [2.75, 3.05) is 19.7 Å². The van der Waals surface area contributed by atoms with Crippen molar-refractivity contribution in [2.24, 2.45) is 0 Å². The van der Waals surface area contributed by atoms with Crippen LogP contribution in [0.25, 0.3) is 0 Å². The van der Waals surface area contributed by atoms with E-state index in [1.54, 1.807) is 0 Å². The van der Waals surface area contributed by atoms with Crippen LogP contribution in [0.4, 0.5) is 8.78 Å². The molecule has 0 unspecified atom stereocenters. The third-order valence-corrected chi connectivity index (χ3v) is 5.05. The number of hydrogen-bond donors (Lipinski definition) is 2. The van der Waals surface area contributed by atoms with Gasteiger partial charge >= 0.3 is 0 Å². The van der Waals surface area contributed by atoms with Gasteiger partial charge in [0.2, 0.25) is 0 Å². The molecule has 0 bridgehead atoms. The second-order valence-corrected chi connectivity index (χ2v) is 6.68. The van der Waals surface area contributed by atoms with E-state index in [-0.39, 0.29) is 25.3 Å². The summed E-state index contributed by atoms with van der Waals surface area (Å²) in [5.74, 6) is -2.36. The number of aryl methyl sites for hydroxylation is 1. The average molecular weight is 341 g/mol. The minimum Gasteiger partial charge on any atom is -0.390 e. The number of nitrogens with zero attached hydrogens (tertiary/aromatic N) is 1. The van der Waals surface area contributed by atoms with Crippen LogP contribution in [0.3, 0.4) is 0 Å². The first kappa shape index (κ1) is 17.3. The number of likely N-dealkylation sites (tertiary alicyclic amines) is 1. The fourth-order valence-electron chi connectivity index (χ4n) is 3.43. The summed E-state index contributed by atoms with van der Waals surface area (Å²) in [6, 6.07) is 2.40. The van der Waals surface area contributed by atoms with Gasteiger partial charge < -0.3 is 19.8 Å². The normalized spacial score (nSPS) is 26.6. The Morgan fingerprint density at radius 1 is 1.25 bits per heavy atom. The number of amides is 1. The average Bonchev–Trinajstić information content (AvgIpc) is 2.56. The standard InChI is InChI=1S/C17H21F2NO4/c1-10-2-3-11(18)14(15(10)19)16(23)20-6-4-17(5-7-20)8-12(21)13(22)9-24-17/h2-3,12-13,21-22H,4-9H2,1H3/t12-,13+/m1/s1. The highest BCUT2D eigenvalue weighted by Crippen LogP contribution is 2.35. The Kier molecular flexibility index (Phi) is 4.59. The topological polar surface area (TPSA) is 70.0 Å². The lowest BCUT2D eigenvalue weighted by atomic mass is 9.82. The maximum absolute atomic E-state index is 14.1. The van der Waals surface area contributed by atoms with Crippen molar-refractivity contribution < 1.29 is 28.5 Å². The maximum Gasteiger partial charge on any atom is 0.259 e. The van der Waals surface area contributed by atoms with Gasteiger partial charge in [-0.2, -0.15) is 0 Å². The molecule has 2 aliphatic heterocycles. The summed E-state index contributed by atoms with van der Waals surface area (Å²) in [5, 5.41) is 19.4. The zero-order valence-corrected chi connectivity index (χ0v) is 13.5. The lowest BCUT2D eigenvalue weighted by Gasteiger charge is -2.46. The number of aliphatic hydroxyl groups is 2. The van der Waals surface area contributed by atoms with E-state index in [2.05, 4.69) is 0 Å². The molecule has 3 rings (SSSR count). The van der Waals surface area contributed by atoms with Gasteiger partial charge in [-0.15, -0.1) is 0 Å². The van der Waals surface area contributed by atoms with E-state index < -0.39 is 40.9 Å². The summed E-state index contributed by atoms with van der Waals surface area (Å²) < 4.78 is 33.7. The smallest absolute Gasteiger partial charge is 0.259 e. The Hall–Kier alpha value is -1.57. The Morgan fingerprint density at radius 3 is 2.54 bits per heavy atom. The van der Waals surface area contributed by atoms with E-state index in [9.17, 15) is 23.8 Å². The number of rotatable bonds is 1. The van der Waals surface area contributed by atoms with Crippen LogP contribution in [0.2, 0.25) is 0 Å². The van der Waals surface area contributed by atoms with Crippen molar-refractivity contribution in [2.45, 2.75) is 44.0 Å². The molecule has 0 aromatic heterocycles. The van der Waals surface area contributed by atoms with Crippen LogP contribution < -0.4 is 0 Å². The lowest BCUT2D eigenvalue weighted by Crippen LogP contribution is -2.55. The van der Waals surface area contributed by atoms with Crippen LogP contribution in [-0.4, -0.2) is 58.5 Å². The molecule has 2 N–H and O–H groups in total. The predicted octanol–water partition coefficient (Wildman–Crippen LogP) is 1.39. The number of benzene rings is 1. The summed E-state index contributed by atoms with van der Waals surface area (Å²) in [6.45, 7) is 2.11. The van der Waals surface area contributed by atoms with Gasteiger partial charge in [0.1, 0.15) is 23.3 Å². The number of carbonyl (C=O) groups is 1. The zero-order chi connectivity index (χ0) is 17.5. The van der Waals surface area contributed by atoms with Gasteiger partial charge in [0.05, 0.1) is 18.3 Å². The van der Waals surface area contributed by atoms with Gasteiger partial charge in [0.25, 0.3) is 5.91 Å². The molecule has 2 aliphatic rings. The van der Waals surface area contributed by atoms with Gasteiger partial charge in [0, 0.05) is 19.5 Å². The fourth-order valence-corrected chi connectivity index (χ4v) is 3.43. The van der Waals surface area contributed by atoms with Crippen molar-refractivity contribution in [3.63, 3.8) is 0 Å². The van der Waals surface area contributed by atoms with Crippen molar-refractivity contribution in [3.8, 4) is 0 Å². The molecule has 2 heterocycles. The van der Waals surface area contributed by atoms with Crippen LogP contribution in [-0.2, 0) is 4.74 Å². The van der Waals surface area contributed by atoms with Crippen LogP contribution >= 0.6 is 0 Å². The van der Waals surface area contributed by atoms with E-state index in [1.807, 2.05) is 0 Å². The SMILES string of the molecule is Cc1ccc(F)c(C(=O)N2CCC3(CC2)C[C@@H](O)[C@@H](O)CO3)c1F. The molecule has 7 heteroatoms. The van der Waals surface area contributed by atoms with Crippen molar-refractivity contribution in [1.82, 2.24) is 4.90 Å². The quantitative estimate of drug-likeness (QED) is 0.810. The van der Waals surface area contributed by atoms with Crippen LogP contribution in [0.15, 0.2) is 12.1 Å². The number of aliphatic hydroxyl groups excluding tert-OH is 2. The van der Waals surface area contributed by atoms with Gasteiger partial charge in [0.15, 0.2) is 0 Å². The fraction of sp³-hybridized carbons (Fsp3) is 0.588. The van der Waals surface area contributed by atoms with Crippen molar-refractivity contribution in [3.05, 3.63) is 34.9 Å². The number of halogens is 2. The largest absolute Gasteiger partial charge is 0.390 e. The number of carbonyl (C=O) groups excluding carboxylic acids is 1. The van der Waals surface area contributed by atoms with Crippen LogP contribution in [0.1, 0.15) is 35.2 Å². The molecule has 2 fully saturated rings. The van der Waals surface area contributed by atoms with Gasteiger partial charge in [-0.3, -0.25) is 4.79 Å².